The van der Waals surface area contributed by atoms with Gasteiger partial charge in [0.05, 0.1) is 17.4 Å². The number of aryl methyl sites for hydroxylation is 1. The number of hydrogen-bond donors (Lipinski definition) is 3. The van der Waals surface area contributed by atoms with E-state index >= 15 is 4.39 Å². The average Bonchev–Trinajstić information content (AvgIpc) is 2.12. The van der Waals surface area contributed by atoms with Gasteiger partial charge in [0.25, 0.3) is 0 Å². The maximum Gasteiger partial charge on any atom is 0.319 e. The summed E-state index contributed by atoms with van der Waals surface area (Å²) in [6.07, 6.45) is 15.6. The summed E-state index contributed by atoms with van der Waals surface area (Å²) >= 11 is 0. The van der Waals surface area contributed by atoms with Gasteiger partial charge in [0.15, 0.2) is 12.0 Å². The Balaban J connectivity index is 0.818. The number of likely N-dealkylation sites (tertiary alicyclic amines) is 2. The van der Waals surface area contributed by atoms with Crippen LogP contribution in [0.15, 0.2) is 79.3 Å². The van der Waals surface area contributed by atoms with E-state index in [9.17, 15) is 14.4 Å². The molecule has 2 amide bonds. The Morgan fingerprint density at radius 3 is 2.42 bits per heavy atom. The van der Waals surface area contributed by atoms with Gasteiger partial charge in [0, 0.05) is 103 Å². The minimum absolute atomic E-state index is 0.00229. The highest BCUT2D eigenvalue weighted by Crippen LogP contribution is 2.54. The molecule has 2 aliphatic carbocycles. The molecular weight excluding hydrogens is 1070 g/mol. The van der Waals surface area contributed by atoms with E-state index in [1.165, 1.54) is 12.5 Å². The summed E-state index contributed by atoms with van der Waals surface area (Å²) in [6, 6.07) is 19.4. The molecule has 5 aliphatic rings. The summed E-state index contributed by atoms with van der Waals surface area (Å²) in [5.41, 5.74) is 10.3. The molecule has 442 valence electrons. The van der Waals surface area contributed by atoms with Gasteiger partial charge in [-0.3, -0.25) is 33.7 Å². The molecule has 4 unspecified atom stereocenters. The molecule has 0 spiro atoms. The van der Waals surface area contributed by atoms with Crippen LogP contribution in [-0.4, -0.2) is 125 Å². The fraction of sp³-hybridized carbons (Fsp3) is 0.455. The number of carbonyl (C=O) groups excluding carboxylic acids is 3. The lowest BCUT2D eigenvalue weighted by atomic mass is 9.88. The number of nitrogens with zero attached hydrogens (tertiary/aromatic N) is 10. The van der Waals surface area contributed by atoms with Gasteiger partial charge in [-0.15, -0.1) is 0 Å². The standard InChI is InChI=1S/C66H76FN13O5/c1-7-76-33-45-28-44(76)34-78(45)63-49-29-48(42-21-22-42)59(58-39(5)52(67)30-54-50(58)32-70-74-54)62(60(49)72-66(73-63)85-46-13-10-9-11-14-46)84-37-41-18-23-47(53(27-41)68-6)51-35-80(75-55(51)36-81)61(38(3)4)65(83)77-26-12-15-57(77)64(82)69-31-40-16-19-43(20-17-40)56-24-25-71-79(56)8-2/h16-20,23-25,27,29-30,32,35-36,38,42,44-46,57,61,68H,7-15,21-22,26,28,31,33-34,37H2,1-6H3,(H,69,82)(H,70,74). The minimum atomic E-state index is -0.791. The Kier molecular flexibility index (Phi) is 15.4. The van der Waals surface area contributed by atoms with Crippen LogP contribution in [0.1, 0.15) is 137 Å². The summed E-state index contributed by atoms with van der Waals surface area (Å²) in [7, 11) is 1.83. The molecule has 3 N–H and O–H groups in total. The van der Waals surface area contributed by atoms with E-state index in [2.05, 4.69) is 55.6 Å². The maximum absolute atomic E-state index is 16.3. The monoisotopic (exact) mass is 1150 g/mol. The summed E-state index contributed by atoms with van der Waals surface area (Å²) in [6.45, 7) is 14.5. The van der Waals surface area contributed by atoms with E-state index in [-0.39, 0.29) is 53.9 Å². The number of hydrogen-bond acceptors (Lipinski definition) is 13. The number of halogens is 1. The summed E-state index contributed by atoms with van der Waals surface area (Å²) in [4.78, 5) is 59.1. The molecule has 7 heterocycles. The third-order valence-electron chi connectivity index (χ3n) is 18.6. The van der Waals surface area contributed by atoms with Gasteiger partial charge in [-0.2, -0.15) is 25.3 Å². The van der Waals surface area contributed by atoms with Crippen LogP contribution in [0.5, 0.6) is 11.8 Å². The van der Waals surface area contributed by atoms with Gasteiger partial charge in [0.2, 0.25) is 11.8 Å². The zero-order valence-electron chi connectivity index (χ0n) is 49.5. The molecule has 4 aromatic carbocycles. The van der Waals surface area contributed by atoms with Crippen molar-refractivity contribution in [1.29, 1.82) is 0 Å². The lowest BCUT2D eigenvalue weighted by Crippen LogP contribution is -2.48. The van der Waals surface area contributed by atoms with E-state index in [0.717, 1.165) is 133 Å². The maximum atomic E-state index is 16.3. The number of piperazine rings is 1. The van der Waals surface area contributed by atoms with E-state index in [4.69, 9.17) is 24.5 Å². The fourth-order valence-electron chi connectivity index (χ4n) is 14.0. The molecule has 4 atom stereocenters. The first-order valence-electron chi connectivity index (χ1n) is 30.8. The van der Waals surface area contributed by atoms with Gasteiger partial charge in [0.1, 0.15) is 47.6 Å². The Morgan fingerprint density at radius 2 is 1.69 bits per heavy atom. The number of benzene rings is 4. The predicted octanol–water partition coefficient (Wildman–Crippen LogP) is 11.2. The molecule has 19 heteroatoms. The number of aromatic nitrogens is 8. The van der Waals surface area contributed by atoms with Crippen LogP contribution in [0.25, 0.3) is 55.3 Å². The van der Waals surface area contributed by atoms with Crippen LogP contribution < -0.4 is 25.0 Å². The van der Waals surface area contributed by atoms with Crippen molar-refractivity contribution in [2.75, 3.05) is 43.4 Å². The zero-order valence-corrected chi connectivity index (χ0v) is 49.5. The first-order chi connectivity index (χ1) is 41.4. The molecule has 4 aromatic heterocycles. The quantitative estimate of drug-likeness (QED) is 0.0611. The largest absolute Gasteiger partial charge is 0.486 e. The Hall–Kier alpha value is -8.19. The number of carbonyl (C=O) groups is 3. The molecule has 13 rings (SSSR count). The zero-order chi connectivity index (χ0) is 58.6. The topological polar surface area (TPSA) is 194 Å². The van der Waals surface area contributed by atoms with Gasteiger partial charge < -0.3 is 29.9 Å². The average molecular weight is 1150 g/mol. The Bertz CT molecular complexity index is 3820. The Labute approximate surface area is 494 Å². The number of aldehydes is 1. The van der Waals surface area contributed by atoms with Gasteiger partial charge >= 0.3 is 6.01 Å². The normalized spacial score (nSPS) is 19.4. The Morgan fingerprint density at radius 1 is 0.882 bits per heavy atom. The highest BCUT2D eigenvalue weighted by Gasteiger charge is 2.45. The van der Waals surface area contributed by atoms with Crippen LogP contribution in [0.2, 0.25) is 0 Å². The van der Waals surface area contributed by atoms with Crippen molar-refractivity contribution in [3.8, 4) is 45.3 Å². The lowest BCUT2D eigenvalue weighted by molar-refractivity contribution is -0.142. The summed E-state index contributed by atoms with van der Waals surface area (Å²) in [5, 5.41) is 24.8. The first-order valence-corrected chi connectivity index (χ1v) is 30.8. The molecule has 85 heavy (non-hydrogen) atoms. The van der Waals surface area contributed by atoms with Crippen LogP contribution in [0.4, 0.5) is 15.9 Å². The number of amides is 2. The third-order valence-corrected chi connectivity index (χ3v) is 18.6. The number of ether oxygens (including phenoxy) is 2. The minimum Gasteiger partial charge on any atom is -0.486 e. The summed E-state index contributed by atoms with van der Waals surface area (Å²) in [5.74, 6) is 0.604. The van der Waals surface area contributed by atoms with Crippen LogP contribution in [0.3, 0.4) is 0 Å². The number of likely N-dealkylation sites (N-methyl/N-ethyl adjacent to an activating group) is 1. The van der Waals surface area contributed by atoms with Crippen LogP contribution in [-0.2, 0) is 29.3 Å². The van der Waals surface area contributed by atoms with E-state index < -0.39 is 12.1 Å². The molecule has 3 aliphatic heterocycles. The number of aromatic amines is 1. The number of rotatable bonds is 20. The number of nitrogens with one attached hydrogen (secondary N) is 3. The van der Waals surface area contributed by atoms with Crippen LogP contribution in [0, 0.1) is 18.7 Å². The highest BCUT2D eigenvalue weighted by atomic mass is 19.1. The molecule has 18 nitrogen and oxygen atoms in total. The first kappa shape index (κ1) is 56.0. The number of H-pyrrole nitrogens is 1. The molecule has 8 aromatic rings. The van der Waals surface area contributed by atoms with Crippen molar-refractivity contribution in [2.45, 2.75) is 155 Å². The summed E-state index contributed by atoms with van der Waals surface area (Å²) < 4.78 is 34.0. The van der Waals surface area contributed by atoms with E-state index in [1.54, 1.807) is 28.2 Å². The van der Waals surface area contributed by atoms with E-state index in [0.29, 0.717) is 77.1 Å². The second kappa shape index (κ2) is 23.3. The lowest BCUT2D eigenvalue weighted by Gasteiger charge is -2.35. The van der Waals surface area contributed by atoms with Crippen molar-refractivity contribution >= 4 is 51.4 Å². The van der Waals surface area contributed by atoms with Gasteiger partial charge in [-0.05, 0) is 142 Å². The molecule has 0 radical (unpaired) electrons. The third kappa shape index (κ3) is 10.6. The number of anilines is 2. The highest BCUT2D eigenvalue weighted by molar-refractivity contribution is 6.06. The van der Waals surface area contributed by atoms with Gasteiger partial charge in [-0.25, -0.2) is 4.39 Å². The van der Waals surface area contributed by atoms with Crippen molar-refractivity contribution in [1.82, 2.24) is 54.8 Å². The molecule has 5 fully saturated rings. The van der Waals surface area contributed by atoms with Crippen LogP contribution >= 0.6 is 0 Å². The SMILES string of the molecule is CCN1CC2CC1CN2c1nc(OC2CCCCC2)nc2c(OCc3ccc(-c4cn(C(C(=O)N5CCCC5C(=O)NCc5ccc(-c6ccnn6CC)cc5)C(C)C)nc4C=O)c(NC)c3)c(-c3c(C)c(F)cc4[nH]ncc34)c(C3CC3)cc12. The van der Waals surface area contributed by atoms with E-state index in [1.807, 2.05) is 81.0 Å². The second-order valence-corrected chi connectivity index (χ2v) is 24.3. The molecule has 3 saturated heterocycles. The van der Waals surface area contributed by atoms with Crippen molar-refractivity contribution < 1.29 is 28.2 Å². The molecule has 2 saturated carbocycles. The van der Waals surface area contributed by atoms with Crippen molar-refractivity contribution in [2.24, 2.45) is 5.92 Å². The molecular formula is C66H76FN13O5. The van der Waals surface area contributed by atoms with Crippen molar-refractivity contribution in [3.05, 3.63) is 113 Å². The second-order valence-electron chi connectivity index (χ2n) is 24.3. The number of fused-ring (bicyclic) bond motifs is 4. The molecule has 2 bridgehead atoms. The smallest absolute Gasteiger partial charge is 0.319 e. The van der Waals surface area contributed by atoms with Crippen molar-refractivity contribution in [3.63, 3.8) is 0 Å². The van der Waals surface area contributed by atoms with Gasteiger partial charge in [-0.1, -0.05) is 63.6 Å². The fourth-order valence-corrected chi connectivity index (χ4v) is 14.0. The predicted molar refractivity (Wildman–Crippen MR) is 326 cm³/mol.